The number of benzene rings is 1. The van der Waals surface area contributed by atoms with Crippen LogP contribution in [-0.4, -0.2) is 71.2 Å². The van der Waals surface area contributed by atoms with Gasteiger partial charge in [-0.25, -0.2) is 4.79 Å². The summed E-state index contributed by atoms with van der Waals surface area (Å²) >= 11 is 0. The highest BCUT2D eigenvalue weighted by Gasteiger charge is 2.33. The van der Waals surface area contributed by atoms with Gasteiger partial charge in [0.2, 0.25) is 17.7 Å². The van der Waals surface area contributed by atoms with Crippen molar-refractivity contribution in [2.45, 2.75) is 83.0 Å². The van der Waals surface area contributed by atoms with Gasteiger partial charge in [-0.05, 0) is 68.8 Å². The predicted octanol–water partition coefficient (Wildman–Crippen LogP) is 0.401. The molecule has 1 saturated heterocycles. The van der Waals surface area contributed by atoms with Crippen LogP contribution in [0.25, 0.3) is 0 Å². The van der Waals surface area contributed by atoms with Crippen LogP contribution in [-0.2, 0) is 25.6 Å². The first-order chi connectivity index (χ1) is 17.7. The average molecular weight is 520 g/mol. The average Bonchev–Trinajstić information content (AvgIpc) is 3.42. The van der Waals surface area contributed by atoms with Gasteiger partial charge in [0.05, 0.1) is 6.04 Å². The van der Waals surface area contributed by atoms with Gasteiger partial charge in [0.15, 0.2) is 0 Å². The molecule has 8 N–H and O–H groups in total. The van der Waals surface area contributed by atoms with E-state index in [9.17, 15) is 29.4 Å². The van der Waals surface area contributed by atoms with Gasteiger partial charge >= 0.3 is 5.97 Å². The Morgan fingerprint density at radius 1 is 1.05 bits per heavy atom. The normalized spacial score (nSPS) is 18.3. The van der Waals surface area contributed by atoms with Gasteiger partial charge < -0.3 is 37.2 Å². The third-order valence-corrected chi connectivity index (χ3v) is 6.74. The molecule has 0 saturated carbocycles. The summed E-state index contributed by atoms with van der Waals surface area (Å²) in [5.74, 6) is -2.81. The van der Waals surface area contributed by atoms with Crippen LogP contribution in [0, 0.1) is 5.92 Å². The Kier molecular flexibility index (Phi) is 12.3. The van der Waals surface area contributed by atoms with E-state index in [2.05, 4.69) is 21.3 Å². The van der Waals surface area contributed by atoms with Gasteiger partial charge in [-0.2, -0.15) is 0 Å². The largest absolute Gasteiger partial charge is 0.508 e. The number of aliphatic carboxylic acids is 1. The quantitative estimate of drug-likeness (QED) is 0.162. The summed E-state index contributed by atoms with van der Waals surface area (Å²) in [6, 6.07) is 2.64. The molecule has 0 radical (unpaired) electrons. The standard InChI is InChI=1S/C26H41N5O6/c1-3-16(2)22(25(35)30-21(26(36)37)15-17-9-11-18(32)12-10-17)31-24(34)20(7-4-5-13-27)29-23(33)19-8-6-14-28-19/h9-12,16,19-22,28,32H,3-8,13-15,27H2,1-2H3,(H,29,33)(H,30,35)(H,31,34)(H,36,37). The SMILES string of the molecule is CCC(C)C(NC(=O)C(CCCCN)NC(=O)C1CCCN1)C(=O)NC(Cc1ccc(O)cc1)C(=O)O. The van der Waals surface area contributed by atoms with E-state index >= 15 is 0 Å². The van der Waals surface area contributed by atoms with Crippen LogP contribution in [0.2, 0.25) is 0 Å². The van der Waals surface area contributed by atoms with Crippen molar-refractivity contribution >= 4 is 23.7 Å². The molecule has 1 fully saturated rings. The maximum atomic E-state index is 13.3. The molecule has 5 atom stereocenters. The molecule has 2 rings (SSSR count). The number of rotatable bonds is 15. The maximum absolute atomic E-state index is 13.3. The number of hydrogen-bond acceptors (Lipinski definition) is 7. The van der Waals surface area contributed by atoms with Crippen molar-refractivity contribution in [1.29, 1.82) is 0 Å². The minimum Gasteiger partial charge on any atom is -0.508 e. The number of hydrogen-bond donors (Lipinski definition) is 7. The van der Waals surface area contributed by atoms with Crippen molar-refractivity contribution in [2.75, 3.05) is 13.1 Å². The predicted molar refractivity (Wildman–Crippen MR) is 139 cm³/mol. The monoisotopic (exact) mass is 519 g/mol. The number of nitrogens with two attached hydrogens (primary N) is 1. The molecule has 0 bridgehead atoms. The highest BCUT2D eigenvalue weighted by molar-refractivity contribution is 5.94. The zero-order valence-corrected chi connectivity index (χ0v) is 21.7. The van der Waals surface area contributed by atoms with E-state index in [-0.39, 0.29) is 30.0 Å². The highest BCUT2D eigenvalue weighted by atomic mass is 16.4. The zero-order chi connectivity index (χ0) is 27.4. The third-order valence-electron chi connectivity index (χ3n) is 6.74. The molecule has 1 aromatic rings. The number of aromatic hydroxyl groups is 1. The molecule has 37 heavy (non-hydrogen) atoms. The van der Waals surface area contributed by atoms with Crippen LogP contribution < -0.4 is 27.0 Å². The number of phenolic OH excluding ortho intramolecular Hbond substituents is 1. The van der Waals surface area contributed by atoms with Crippen molar-refractivity contribution in [3.63, 3.8) is 0 Å². The number of carbonyl (C=O) groups excluding carboxylic acids is 3. The fourth-order valence-electron chi connectivity index (χ4n) is 4.23. The van der Waals surface area contributed by atoms with Crippen LogP contribution in [0.5, 0.6) is 5.75 Å². The number of phenols is 1. The van der Waals surface area contributed by atoms with Crippen LogP contribution >= 0.6 is 0 Å². The van der Waals surface area contributed by atoms with Crippen molar-refractivity contribution < 1.29 is 29.4 Å². The van der Waals surface area contributed by atoms with Crippen LogP contribution in [0.3, 0.4) is 0 Å². The molecule has 0 spiro atoms. The van der Waals surface area contributed by atoms with Gasteiger partial charge in [0.1, 0.15) is 23.9 Å². The zero-order valence-electron chi connectivity index (χ0n) is 21.7. The van der Waals surface area contributed by atoms with E-state index < -0.39 is 35.9 Å². The minimum absolute atomic E-state index is 0.00862. The van der Waals surface area contributed by atoms with E-state index in [0.29, 0.717) is 44.2 Å². The van der Waals surface area contributed by atoms with E-state index in [4.69, 9.17) is 5.73 Å². The summed E-state index contributed by atoms with van der Waals surface area (Å²) in [4.78, 5) is 51.0. The summed E-state index contributed by atoms with van der Waals surface area (Å²) in [5, 5.41) is 30.4. The Hall–Kier alpha value is -3.18. The van der Waals surface area contributed by atoms with Crippen LogP contribution in [0.15, 0.2) is 24.3 Å². The molecular weight excluding hydrogens is 478 g/mol. The number of nitrogens with one attached hydrogen (secondary N) is 4. The minimum atomic E-state index is -1.23. The smallest absolute Gasteiger partial charge is 0.326 e. The molecule has 206 valence electrons. The van der Waals surface area contributed by atoms with Gasteiger partial charge in [-0.15, -0.1) is 0 Å². The Morgan fingerprint density at radius 2 is 1.76 bits per heavy atom. The number of carboxylic acid groups (broad SMARTS) is 1. The van der Waals surface area contributed by atoms with Crippen molar-refractivity contribution in [1.82, 2.24) is 21.3 Å². The summed E-state index contributed by atoms with van der Waals surface area (Å²) in [6.07, 6.45) is 3.83. The fourth-order valence-corrected chi connectivity index (χ4v) is 4.23. The number of unbranched alkanes of at least 4 members (excludes halogenated alkanes) is 1. The van der Waals surface area contributed by atoms with Crippen molar-refractivity contribution in [2.24, 2.45) is 11.7 Å². The molecule has 0 aromatic heterocycles. The lowest BCUT2D eigenvalue weighted by molar-refractivity contribution is -0.142. The van der Waals surface area contributed by atoms with E-state index in [0.717, 1.165) is 13.0 Å². The van der Waals surface area contributed by atoms with Crippen LogP contribution in [0.4, 0.5) is 0 Å². The Balaban J connectivity index is 2.12. The Bertz CT molecular complexity index is 903. The highest BCUT2D eigenvalue weighted by Crippen LogP contribution is 2.14. The summed E-state index contributed by atoms with van der Waals surface area (Å²) in [7, 11) is 0. The maximum Gasteiger partial charge on any atom is 0.326 e. The molecule has 1 aliphatic rings. The molecule has 3 amide bonds. The molecule has 1 heterocycles. The van der Waals surface area contributed by atoms with E-state index in [1.54, 1.807) is 19.1 Å². The van der Waals surface area contributed by atoms with Gasteiger partial charge in [0, 0.05) is 6.42 Å². The second-order valence-corrected chi connectivity index (χ2v) is 9.64. The lowest BCUT2D eigenvalue weighted by Gasteiger charge is -2.28. The lowest BCUT2D eigenvalue weighted by Crippen LogP contribution is -2.58. The van der Waals surface area contributed by atoms with Gasteiger partial charge in [0.25, 0.3) is 0 Å². The Morgan fingerprint density at radius 3 is 2.32 bits per heavy atom. The molecule has 5 unspecified atom stereocenters. The second kappa shape index (κ2) is 15.2. The lowest BCUT2D eigenvalue weighted by atomic mass is 9.96. The topological polar surface area (TPSA) is 183 Å². The third kappa shape index (κ3) is 9.66. The number of amides is 3. The molecule has 11 nitrogen and oxygen atoms in total. The van der Waals surface area contributed by atoms with Gasteiger partial charge in [-0.3, -0.25) is 14.4 Å². The second-order valence-electron chi connectivity index (χ2n) is 9.64. The first-order valence-corrected chi connectivity index (χ1v) is 13.0. The summed E-state index contributed by atoms with van der Waals surface area (Å²) in [5.41, 5.74) is 6.21. The number of carboxylic acids is 1. The molecule has 11 heteroatoms. The van der Waals surface area contributed by atoms with Gasteiger partial charge in [-0.1, -0.05) is 32.4 Å². The van der Waals surface area contributed by atoms with Crippen molar-refractivity contribution in [3.05, 3.63) is 29.8 Å². The fraction of sp³-hybridized carbons (Fsp3) is 0.615. The molecule has 1 aromatic carbocycles. The van der Waals surface area contributed by atoms with E-state index in [1.165, 1.54) is 12.1 Å². The first kappa shape index (κ1) is 30.0. The van der Waals surface area contributed by atoms with E-state index in [1.807, 2.05) is 6.92 Å². The molecular formula is C26H41N5O6. The number of carbonyl (C=O) groups is 4. The summed E-state index contributed by atoms with van der Waals surface area (Å²) in [6.45, 7) is 4.87. The van der Waals surface area contributed by atoms with Crippen LogP contribution in [0.1, 0.15) is 57.9 Å². The summed E-state index contributed by atoms with van der Waals surface area (Å²) < 4.78 is 0. The first-order valence-electron chi connectivity index (χ1n) is 13.0. The molecule has 1 aliphatic heterocycles. The Labute approximate surface area is 217 Å². The molecule has 0 aliphatic carbocycles. The van der Waals surface area contributed by atoms with Crippen molar-refractivity contribution in [3.8, 4) is 5.75 Å².